The summed E-state index contributed by atoms with van der Waals surface area (Å²) in [7, 11) is 2.91. The van der Waals surface area contributed by atoms with E-state index < -0.39 is 11.9 Å². The molecule has 0 saturated carbocycles. The first kappa shape index (κ1) is 23.9. The van der Waals surface area contributed by atoms with E-state index in [1.807, 2.05) is 73.7 Å². The molecule has 3 aromatic rings. The zero-order valence-corrected chi connectivity index (χ0v) is 21.6. The van der Waals surface area contributed by atoms with Gasteiger partial charge in [0.25, 0.3) is 0 Å². The van der Waals surface area contributed by atoms with Gasteiger partial charge in [0.1, 0.15) is 6.61 Å². The third kappa shape index (κ3) is 4.09. The van der Waals surface area contributed by atoms with E-state index in [1.54, 1.807) is 7.11 Å². The van der Waals surface area contributed by atoms with Gasteiger partial charge in [-0.1, -0.05) is 58.4 Å². The largest absolute Gasteiger partial charge is 0.493 e. The van der Waals surface area contributed by atoms with Crippen molar-refractivity contribution in [1.29, 1.82) is 0 Å². The molecule has 5 rings (SSSR count). The predicted octanol–water partition coefficient (Wildman–Crippen LogP) is 5.78. The lowest BCUT2D eigenvalue weighted by atomic mass is 9.79. The quantitative estimate of drug-likeness (QED) is 0.396. The number of nitrogens with one attached hydrogen (secondary N) is 1. The Morgan fingerprint density at radius 2 is 1.69 bits per heavy atom. The van der Waals surface area contributed by atoms with Gasteiger partial charge in [0.2, 0.25) is 0 Å². The molecule has 182 valence electrons. The lowest BCUT2D eigenvalue weighted by Gasteiger charge is -2.29. The predicted molar refractivity (Wildman–Crippen MR) is 140 cm³/mol. The van der Waals surface area contributed by atoms with Gasteiger partial charge in [-0.2, -0.15) is 0 Å². The fraction of sp³-hybridized carbons (Fsp3) is 0.172. The number of Topliss-reactive ketones (excluding diaryl/α,β-unsaturated/α-hetero) is 1. The standard InChI is InChI=1S/C29H24BrNO5/c1-16-24(29(33)35-3)25(26-27(31-16)20-6-4-5-7-21(20)28(26)32)18-10-13-22(23(14-18)34-2)36-15-17-8-11-19(30)12-9-17/h4-14,25,31H,15H2,1-3H3/t25-/m0/s1. The number of benzene rings is 3. The molecule has 0 spiro atoms. The van der Waals surface area contributed by atoms with Crippen molar-refractivity contribution in [1.82, 2.24) is 5.32 Å². The first-order chi connectivity index (χ1) is 17.4. The molecule has 0 aromatic heterocycles. The molecule has 0 amide bonds. The smallest absolute Gasteiger partial charge is 0.336 e. The number of rotatable bonds is 6. The second-order valence-electron chi connectivity index (χ2n) is 8.58. The van der Waals surface area contributed by atoms with E-state index in [2.05, 4.69) is 21.2 Å². The molecule has 1 aliphatic carbocycles. The number of carbonyl (C=O) groups is 2. The highest BCUT2D eigenvalue weighted by Gasteiger charge is 2.43. The van der Waals surface area contributed by atoms with Crippen LogP contribution in [0.3, 0.4) is 0 Å². The van der Waals surface area contributed by atoms with Gasteiger partial charge in [-0.05, 0) is 42.3 Å². The Balaban J connectivity index is 1.56. The van der Waals surface area contributed by atoms with E-state index in [4.69, 9.17) is 14.2 Å². The number of hydrogen-bond donors (Lipinski definition) is 1. The molecule has 1 aliphatic heterocycles. The zero-order chi connectivity index (χ0) is 25.4. The Morgan fingerprint density at radius 1 is 0.972 bits per heavy atom. The van der Waals surface area contributed by atoms with Crippen LogP contribution in [0.2, 0.25) is 0 Å². The minimum Gasteiger partial charge on any atom is -0.493 e. The van der Waals surface area contributed by atoms with Crippen LogP contribution in [0, 0.1) is 0 Å². The molecule has 2 aliphatic rings. The number of ketones is 1. The average molecular weight is 546 g/mol. The number of halogens is 1. The number of hydrogen-bond acceptors (Lipinski definition) is 6. The fourth-order valence-electron chi connectivity index (χ4n) is 4.77. The van der Waals surface area contributed by atoms with Crippen molar-refractivity contribution in [3.63, 3.8) is 0 Å². The molecular formula is C29H24BrNO5. The molecule has 0 bridgehead atoms. The zero-order valence-electron chi connectivity index (χ0n) is 20.1. The van der Waals surface area contributed by atoms with E-state index in [9.17, 15) is 9.59 Å². The van der Waals surface area contributed by atoms with Crippen LogP contribution >= 0.6 is 15.9 Å². The van der Waals surface area contributed by atoms with Gasteiger partial charge in [0.15, 0.2) is 17.3 Å². The number of allylic oxidation sites excluding steroid dienone is 2. The number of ether oxygens (including phenoxy) is 3. The van der Waals surface area contributed by atoms with Crippen molar-refractivity contribution >= 4 is 33.4 Å². The van der Waals surface area contributed by atoms with Crippen molar-refractivity contribution in [3.05, 3.63) is 110 Å². The summed E-state index contributed by atoms with van der Waals surface area (Å²) in [6.07, 6.45) is 0. The Hall–Kier alpha value is -3.84. The summed E-state index contributed by atoms with van der Waals surface area (Å²) in [4.78, 5) is 26.5. The minimum atomic E-state index is -0.622. The van der Waals surface area contributed by atoms with Gasteiger partial charge in [0.05, 0.1) is 25.5 Å². The number of esters is 1. The van der Waals surface area contributed by atoms with E-state index in [0.717, 1.165) is 26.9 Å². The van der Waals surface area contributed by atoms with E-state index in [1.165, 1.54) is 7.11 Å². The van der Waals surface area contributed by atoms with Gasteiger partial charge in [-0.3, -0.25) is 4.79 Å². The molecule has 6 nitrogen and oxygen atoms in total. The van der Waals surface area contributed by atoms with Crippen LogP contribution in [0.1, 0.15) is 39.9 Å². The number of carbonyl (C=O) groups excluding carboxylic acids is 2. The lowest BCUT2D eigenvalue weighted by molar-refractivity contribution is -0.136. The Morgan fingerprint density at radius 3 is 2.39 bits per heavy atom. The molecule has 7 heteroatoms. The summed E-state index contributed by atoms with van der Waals surface area (Å²) in [5.74, 6) is -0.150. The maximum atomic E-state index is 13.6. The molecule has 36 heavy (non-hydrogen) atoms. The SMILES string of the molecule is COC(=O)C1=C(C)NC2=C(C(=O)c3ccccc32)[C@H]1c1ccc(OCc2ccc(Br)cc2)c(OC)c1. The van der Waals surface area contributed by atoms with Crippen molar-refractivity contribution in [2.24, 2.45) is 0 Å². The second-order valence-corrected chi connectivity index (χ2v) is 9.49. The van der Waals surface area contributed by atoms with Gasteiger partial charge >= 0.3 is 5.97 Å². The van der Waals surface area contributed by atoms with Crippen molar-refractivity contribution in [2.75, 3.05) is 14.2 Å². The van der Waals surface area contributed by atoms with Crippen LogP contribution < -0.4 is 14.8 Å². The fourth-order valence-corrected chi connectivity index (χ4v) is 5.03. The van der Waals surface area contributed by atoms with Crippen LogP contribution in [0.25, 0.3) is 5.70 Å². The van der Waals surface area contributed by atoms with E-state index >= 15 is 0 Å². The maximum absolute atomic E-state index is 13.6. The Bertz CT molecular complexity index is 1440. The molecule has 1 heterocycles. The summed E-state index contributed by atoms with van der Waals surface area (Å²) in [5.41, 5.74) is 5.46. The van der Waals surface area contributed by atoms with Crippen molar-refractivity contribution in [3.8, 4) is 11.5 Å². The molecule has 0 saturated heterocycles. The third-order valence-corrected chi connectivity index (χ3v) is 7.01. The van der Waals surface area contributed by atoms with Gasteiger partial charge in [0, 0.05) is 32.8 Å². The van der Waals surface area contributed by atoms with Crippen LogP contribution in [0.4, 0.5) is 0 Å². The molecule has 3 aromatic carbocycles. The van der Waals surface area contributed by atoms with Crippen LogP contribution in [-0.4, -0.2) is 26.0 Å². The van der Waals surface area contributed by atoms with E-state index in [0.29, 0.717) is 40.5 Å². The Kier molecular flexibility index (Phi) is 6.41. The third-order valence-electron chi connectivity index (χ3n) is 6.48. The van der Waals surface area contributed by atoms with Gasteiger partial charge in [-0.15, -0.1) is 0 Å². The molecule has 1 atom stereocenters. The molecule has 0 unspecified atom stereocenters. The first-order valence-electron chi connectivity index (χ1n) is 11.4. The number of fused-ring (bicyclic) bond motifs is 2. The topological polar surface area (TPSA) is 73.9 Å². The average Bonchev–Trinajstić information content (AvgIpc) is 3.18. The molecular weight excluding hydrogens is 522 g/mol. The summed E-state index contributed by atoms with van der Waals surface area (Å²) in [5, 5.41) is 3.29. The minimum absolute atomic E-state index is 0.110. The Labute approximate surface area is 217 Å². The highest BCUT2D eigenvalue weighted by atomic mass is 79.9. The molecule has 0 radical (unpaired) electrons. The number of methoxy groups -OCH3 is 2. The van der Waals surface area contributed by atoms with E-state index in [-0.39, 0.29) is 5.78 Å². The monoisotopic (exact) mass is 545 g/mol. The van der Waals surface area contributed by atoms with Crippen molar-refractivity contribution < 1.29 is 23.8 Å². The summed E-state index contributed by atoms with van der Waals surface area (Å²) in [6.45, 7) is 2.19. The van der Waals surface area contributed by atoms with Gasteiger partial charge < -0.3 is 19.5 Å². The van der Waals surface area contributed by atoms with Crippen molar-refractivity contribution in [2.45, 2.75) is 19.4 Å². The van der Waals surface area contributed by atoms with Crippen LogP contribution in [0.5, 0.6) is 11.5 Å². The normalized spacial score (nSPS) is 16.3. The molecule has 0 fully saturated rings. The second kappa shape index (κ2) is 9.66. The maximum Gasteiger partial charge on any atom is 0.336 e. The summed E-state index contributed by atoms with van der Waals surface area (Å²) in [6, 6.07) is 20.8. The van der Waals surface area contributed by atoms with Crippen LogP contribution in [-0.2, 0) is 16.1 Å². The highest BCUT2D eigenvalue weighted by Crippen LogP contribution is 2.47. The molecule has 1 N–H and O–H groups in total. The van der Waals surface area contributed by atoms with Crippen LogP contribution in [0.15, 0.2) is 88.0 Å². The highest BCUT2D eigenvalue weighted by molar-refractivity contribution is 9.10. The summed E-state index contributed by atoms with van der Waals surface area (Å²) >= 11 is 3.44. The number of dihydropyridines is 1. The first-order valence-corrected chi connectivity index (χ1v) is 12.2. The van der Waals surface area contributed by atoms with Gasteiger partial charge in [-0.25, -0.2) is 4.79 Å². The summed E-state index contributed by atoms with van der Waals surface area (Å²) < 4.78 is 17.8. The lowest BCUT2D eigenvalue weighted by Crippen LogP contribution is -2.29.